The highest BCUT2D eigenvalue weighted by Crippen LogP contribution is 2.42. The van der Waals surface area contributed by atoms with Gasteiger partial charge in [0, 0.05) is 24.9 Å². The van der Waals surface area contributed by atoms with E-state index in [0.717, 1.165) is 43.5 Å². The summed E-state index contributed by atoms with van der Waals surface area (Å²) in [6.07, 6.45) is -0.508. The Morgan fingerprint density at radius 2 is 1.62 bits per heavy atom. The molecule has 1 aromatic heterocycles. The number of nitrogens with one attached hydrogen (secondary N) is 2. The number of esters is 1. The van der Waals surface area contributed by atoms with Crippen molar-refractivity contribution in [3.63, 3.8) is 0 Å². The van der Waals surface area contributed by atoms with Gasteiger partial charge in [-0.25, -0.2) is 18.2 Å². The monoisotopic (exact) mass is 945 g/mol. The lowest BCUT2D eigenvalue weighted by atomic mass is 9.93. The Balaban J connectivity index is 1.04. The van der Waals surface area contributed by atoms with Crippen LogP contribution in [0.2, 0.25) is 5.02 Å². The summed E-state index contributed by atoms with van der Waals surface area (Å²) in [5, 5.41) is 15.3. The molecule has 2 amide bonds. The Morgan fingerprint density at radius 1 is 0.939 bits per heavy atom. The standard InChI is InChI=1S/C49H44ClN5O9S2/c1-28-5-6-33(19-40(28)50)26-62-39-17-15-36(16-18-39)45-27-63-43-22-37-21-42(55(25-38(37)23-44(43)64-45)66(59,60)48-29(2)52-49(65-48)53-30(3)56)46(57)54-41(47(58)61-4)20-31-7-11-34(12-8-31)35-13-9-32(24-51)10-14-35/h5-19,22-23,41-42,45H,20-21,25-27H2,1-4H3,(H,54,57)(H,52,53,56)/t41-,42?,45+/m0/s1. The number of carbonyl (C=O) groups is 3. The van der Waals surface area contributed by atoms with E-state index in [4.69, 9.17) is 35.8 Å². The highest BCUT2D eigenvalue weighted by atomic mass is 35.5. The normalized spacial score (nSPS) is 16.0. The number of ether oxygens (including phenoxy) is 4. The molecule has 2 aliphatic heterocycles. The number of fused-ring (bicyclic) bond motifs is 2. The van der Waals surface area contributed by atoms with E-state index >= 15 is 0 Å². The molecule has 14 nitrogen and oxygen atoms in total. The van der Waals surface area contributed by atoms with Crippen molar-refractivity contribution in [2.75, 3.05) is 19.0 Å². The second-order valence-corrected chi connectivity index (χ2v) is 19.4. The molecular weight excluding hydrogens is 902 g/mol. The molecule has 2 N–H and O–H groups in total. The highest BCUT2D eigenvalue weighted by Gasteiger charge is 2.43. The van der Waals surface area contributed by atoms with Gasteiger partial charge in [-0.05, 0) is 107 Å². The lowest BCUT2D eigenvalue weighted by Crippen LogP contribution is -2.56. The van der Waals surface area contributed by atoms with Crippen LogP contribution in [0, 0.1) is 25.2 Å². The Morgan fingerprint density at radius 3 is 2.29 bits per heavy atom. The minimum absolute atomic E-state index is 0.0501. The van der Waals surface area contributed by atoms with Crippen LogP contribution in [-0.4, -0.2) is 61.3 Å². The van der Waals surface area contributed by atoms with Crippen LogP contribution in [0.3, 0.4) is 0 Å². The average Bonchev–Trinajstić information content (AvgIpc) is 3.70. The number of methoxy groups -OCH3 is 1. The number of amides is 2. The Bertz CT molecular complexity index is 2970. The van der Waals surface area contributed by atoms with Gasteiger partial charge in [0.2, 0.25) is 11.8 Å². The van der Waals surface area contributed by atoms with Crippen molar-refractivity contribution in [1.82, 2.24) is 14.6 Å². The minimum Gasteiger partial charge on any atom is -0.489 e. The predicted octanol–water partition coefficient (Wildman–Crippen LogP) is 8.02. The quantitative estimate of drug-likeness (QED) is 0.107. The lowest BCUT2D eigenvalue weighted by Gasteiger charge is -2.36. The van der Waals surface area contributed by atoms with E-state index in [1.54, 1.807) is 24.3 Å². The summed E-state index contributed by atoms with van der Waals surface area (Å²) in [5.41, 5.74) is 7.19. The third-order valence-corrected chi connectivity index (χ3v) is 15.3. The zero-order chi connectivity index (χ0) is 46.7. The van der Waals surface area contributed by atoms with Crippen molar-refractivity contribution in [2.24, 2.45) is 0 Å². The molecule has 0 spiro atoms. The van der Waals surface area contributed by atoms with Gasteiger partial charge < -0.3 is 29.6 Å². The number of sulfonamides is 1. The van der Waals surface area contributed by atoms with E-state index in [9.17, 15) is 22.8 Å². The van der Waals surface area contributed by atoms with Gasteiger partial charge in [-0.15, -0.1) is 0 Å². The van der Waals surface area contributed by atoms with Gasteiger partial charge in [0.25, 0.3) is 10.0 Å². The molecule has 8 rings (SSSR count). The van der Waals surface area contributed by atoms with Crippen LogP contribution in [-0.2, 0) is 55.1 Å². The number of hydrogen-bond acceptors (Lipinski definition) is 12. The Hall–Kier alpha value is -6.77. The van der Waals surface area contributed by atoms with E-state index in [2.05, 4.69) is 21.7 Å². The molecule has 1 unspecified atom stereocenters. The summed E-state index contributed by atoms with van der Waals surface area (Å²) in [7, 11) is -3.24. The lowest BCUT2D eigenvalue weighted by molar-refractivity contribution is -0.145. The predicted molar refractivity (Wildman–Crippen MR) is 248 cm³/mol. The maximum Gasteiger partial charge on any atom is 0.328 e. The van der Waals surface area contributed by atoms with Crippen LogP contribution in [0.15, 0.2) is 107 Å². The van der Waals surface area contributed by atoms with Crippen molar-refractivity contribution < 1.29 is 41.7 Å². The SMILES string of the molecule is COC(=O)[C@H](Cc1ccc(-c2ccc(C#N)cc2)cc1)NC(=O)C1Cc2cc3c(cc2CN1S(=O)(=O)c1sc(NC(C)=O)nc1C)O[C@@H](c1ccc(OCc2ccc(C)c(Cl)c2)cc1)CO3. The molecule has 3 atom stereocenters. The number of halogens is 1. The minimum atomic E-state index is -4.45. The zero-order valence-electron chi connectivity index (χ0n) is 36.3. The first-order valence-electron chi connectivity index (χ1n) is 20.9. The van der Waals surface area contributed by atoms with E-state index in [1.807, 2.05) is 85.8 Å². The molecule has 338 valence electrons. The van der Waals surface area contributed by atoms with Crippen LogP contribution < -0.4 is 24.8 Å². The van der Waals surface area contributed by atoms with E-state index in [-0.39, 0.29) is 41.0 Å². The first-order valence-corrected chi connectivity index (χ1v) is 23.5. The van der Waals surface area contributed by atoms with Gasteiger partial charge in [-0.2, -0.15) is 9.57 Å². The summed E-state index contributed by atoms with van der Waals surface area (Å²) in [6, 6.07) is 30.9. The van der Waals surface area contributed by atoms with Crippen molar-refractivity contribution in [3.8, 4) is 34.4 Å². The maximum absolute atomic E-state index is 14.7. The first kappa shape index (κ1) is 45.8. The summed E-state index contributed by atoms with van der Waals surface area (Å²) in [6.45, 7) is 5.05. The molecule has 0 bridgehead atoms. The van der Waals surface area contributed by atoms with Crippen LogP contribution in [0.4, 0.5) is 5.13 Å². The van der Waals surface area contributed by atoms with Crippen molar-refractivity contribution in [2.45, 2.75) is 69.2 Å². The smallest absolute Gasteiger partial charge is 0.328 e. The summed E-state index contributed by atoms with van der Waals surface area (Å²) >= 11 is 7.07. The molecule has 17 heteroatoms. The number of thiazole rings is 1. The van der Waals surface area contributed by atoms with E-state index in [0.29, 0.717) is 51.1 Å². The number of anilines is 1. The number of hydrogen-bond donors (Lipinski definition) is 2. The molecule has 0 radical (unpaired) electrons. The summed E-state index contributed by atoms with van der Waals surface area (Å²) < 4.78 is 54.2. The van der Waals surface area contributed by atoms with Crippen molar-refractivity contribution in [1.29, 1.82) is 5.26 Å². The second-order valence-electron chi connectivity index (χ2n) is 15.9. The molecular formula is C49H44ClN5O9S2. The fourth-order valence-corrected chi connectivity index (χ4v) is 11.1. The van der Waals surface area contributed by atoms with Gasteiger partial charge in [0.1, 0.15) is 31.0 Å². The van der Waals surface area contributed by atoms with Gasteiger partial charge in [-0.1, -0.05) is 83.6 Å². The molecule has 0 saturated carbocycles. The van der Waals surface area contributed by atoms with Crippen molar-refractivity contribution >= 4 is 55.9 Å². The molecule has 2 aliphatic rings. The third-order valence-electron chi connectivity index (χ3n) is 11.3. The number of nitrogens with zero attached hydrogens (tertiary/aromatic N) is 3. The van der Waals surface area contributed by atoms with Gasteiger partial charge in [0.15, 0.2) is 26.9 Å². The number of carbonyl (C=O) groups excluding carboxylic acids is 3. The number of aromatic nitrogens is 1. The maximum atomic E-state index is 14.7. The number of benzene rings is 5. The topological polar surface area (TPSA) is 186 Å². The summed E-state index contributed by atoms with van der Waals surface area (Å²) in [4.78, 5) is 43.9. The van der Waals surface area contributed by atoms with Gasteiger partial charge in [0.05, 0.1) is 24.4 Å². The fourth-order valence-electron chi connectivity index (χ4n) is 7.78. The molecule has 0 saturated heterocycles. The van der Waals surface area contributed by atoms with Gasteiger partial charge >= 0.3 is 5.97 Å². The Kier molecular flexibility index (Phi) is 13.4. The van der Waals surface area contributed by atoms with Gasteiger partial charge in [-0.3, -0.25) is 9.59 Å². The molecule has 66 heavy (non-hydrogen) atoms. The van der Waals surface area contributed by atoms with E-state index < -0.39 is 46.0 Å². The van der Waals surface area contributed by atoms with Crippen LogP contribution in [0.1, 0.15) is 57.7 Å². The highest BCUT2D eigenvalue weighted by molar-refractivity contribution is 7.91. The largest absolute Gasteiger partial charge is 0.489 e. The molecule has 0 aliphatic carbocycles. The van der Waals surface area contributed by atoms with Crippen LogP contribution >= 0.6 is 22.9 Å². The molecule has 5 aromatic carbocycles. The Labute approximate surface area is 391 Å². The number of aryl methyl sites for hydroxylation is 2. The summed E-state index contributed by atoms with van der Waals surface area (Å²) in [5.74, 6) is -0.356. The second kappa shape index (κ2) is 19.4. The third kappa shape index (κ3) is 10.0. The van der Waals surface area contributed by atoms with Crippen LogP contribution in [0.5, 0.6) is 17.2 Å². The molecule has 3 heterocycles. The zero-order valence-corrected chi connectivity index (χ0v) is 38.7. The molecule has 6 aromatic rings. The van der Waals surface area contributed by atoms with E-state index in [1.165, 1.54) is 21.0 Å². The number of rotatable bonds is 13. The number of nitriles is 1. The first-order chi connectivity index (χ1) is 31.7. The van der Waals surface area contributed by atoms with Crippen LogP contribution in [0.25, 0.3) is 11.1 Å². The van der Waals surface area contributed by atoms with Crippen molar-refractivity contribution in [3.05, 3.63) is 153 Å². The average molecular weight is 947 g/mol. The fraction of sp³-hybridized carbons (Fsp3) is 0.245. The molecule has 0 fully saturated rings.